The minimum absolute atomic E-state index is 0.00762. The highest BCUT2D eigenvalue weighted by Crippen LogP contribution is 2.38. The average molecular weight is 302 g/mol. The predicted octanol–water partition coefficient (Wildman–Crippen LogP) is 2.48. The largest absolute Gasteiger partial charge is 0.350 e. The Labute approximate surface area is 127 Å². The number of aromatic amines is 1. The van der Waals surface area contributed by atoms with Crippen molar-refractivity contribution in [1.82, 2.24) is 20.5 Å². The first-order valence-corrected chi connectivity index (χ1v) is 8.00. The van der Waals surface area contributed by atoms with Gasteiger partial charge in [-0.15, -0.1) is 0 Å². The van der Waals surface area contributed by atoms with Gasteiger partial charge in [-0.1, -0.05) is 17.8 Å². The zero-order valence-electron chi connectivity index (χ0n) is 11.9. The summed E-state index contributed by atoms with van der Waals surface area (Å²) in [6.45, 7) is 2.38. The molecule has 1 fully saturated rings. The molecule has 0 aromatic carbocycles. The molecule has 2 aromatic heterocycles. The van der Waals surface area contributed by atoms with Crippen molar-refractivity contribution in [2.24, 2.45) is 0 Å². The van der Waals surface area contributed by atoms with Crippen LogP contribution in [0.25, 0.3) is 0 Å². The maximum absolute atomic E-state index is 12.1. The van der Waals surface area contributed by atoms with Gasteiger partial charge in [0, 0.05) is 12.1 Å². The van der Waals surface area contributed by atoms with Crippen LogP contribution < -0.4 is 5.32 Å². The van der Waals surface area contributed by atoms with Crippen LogP contribution in [-0.2, 0) is 11.3 Å². The molecule has 0 radical (unpaired) electrons. The Hall–Kier alpha value is -1.82. The molecule has 2 heterocycles. The highest BCUT2D eigenvalue weighted by molar-refractivity contribution is 8.00. The van der Waals surface area contributed by atoms with Gasteiger partial charge >= 0.3 is 0 Å². The number of carbonyl (C=O) groups excluding carboxylic acids is 1. The van der Waals surface area contributed by atoms with Crippen LogP contribution in [0.5, 0.6) is 0 Å². The summed E-state index contributed by atoms with van der Waals surface area (Å²) >= 11 is 1.46. The first-order chi connectivity index (χ1) is 10.2. The quantitative estimate of drug-likeness (QED) is 0.804. The molecule has 1 atom stereocenters. The Bertz CT molecular complexity index is 609. The van der Waals surface area contributed by atoms with E-state index in [0.717, 1.165) is 16.4 Å². The van der Waals surface area contributed by atoms with Gasteiger partial charge in [-0.05, 0) is 38.0 Å². The smallest absolute Gasteiger partial charge is 0.233 e. The minimum atomic E-state index is -0.175. The molecule has 1 aliphatic rings. The molecule has 0 bridgehead atoms. The molecular formula is C15H18N4OS. The summed E-state index contributed by atoms with van der Waals surface area (Å²) in [6.07, 6.45) is 4.19. The minimum Gasteiger partial charge on any atom is -0.350 e. The topological polar surface area (TPSA) is 70.7 Å². The third-order valence-electron chi connectivity index (χ3n) is 3.40. The predicted molar refractivity (Wildman–Crippen MR) is 82.0 cm³/mol. The average Bonchev–Trinajstić information content (AvgIpc) is 3.25. The second-order valence-corrected chi connectivity index (χ2v) is 6.60. The molecule has 21 heavy (non-hydrogen) atoms. The van der Waals surface area contributed by atoms with E-state index in [1.54, 1.807) is 6.20 Å². The maximum Gasteiger partial charge on any atom is 0.233 e. The van der Waals surface area contributed by atoms with Gasteiger partial charge in [0.25, 0.3) is 0 Å². The Morgan fingerprint density at radius 2 is 2.38 bits per heavy atom. The van der Waals surface area contributed by atoms with E-state index in [-0.39, 0.29) is 11.2 Å². The molecule has 1 unspecified atom stereocenters. The van der Waals surface area contributed by atoms with Crippen LogP contribution in [0.2, 0.25) is 0 Å². The summed E-state index contributed by atoms with van der Waals surface area (Å²) in [4.78, 5) is 16.3. The Balaban J connectivity index is 1.48. The summed E-state index contributed by atoms with van der Waals surface area (Å²) in [6, 6.07) is 7.74. The van der Waals surface area contributed by atoms with Crippen molar-refractivity contribution in [2.45, 2.75) is 42.5 Å². The maximum atomic E-state index is 12.1. The highest BCUT2D eigenvalue weighted by Gasteiger charge is 2.26. The molecule has 2 aromatic rings. The lowest BCUT2D eigenvalue weighted by Crippen LogP contribution is -2.30. The summed E-state index contributed by atoms with van der Waals surface area (Å²) in [5, 5.41) is 10.9. The van der Waals surface area contributed by atoms with Crippen molar-refractivity contribution in [3.8, 4) is 0 Å². The van der Waals surface area contributed by atoms with Crippen LogP contribution >= 0.6 is 11.8 Å². The van der Waals surface area contributed by atoms with E-state index < -0.39 is 0 Å². The van der Waals surface area contributed by atoms with Gasteiger partial charge in [-0.25, -0.2) is 4.98 Å². The summed E-state index contributed by atoms with van der Waals surface area (Å²) in [5.41, 5.74) is 2.08. The zero-order valence-corrected chi connectivity index (χ0v) is 12.7. The molecule has 2 N–H and O–H groups in total. The number of pyridine rings is 1. The second-order valence-electron chi connectivity index (χ2n) is 5.24. The van der Waals surface area contributed by atoms with Crippen molar-refractivity contribution in [3.63, 3.8) is 0 Å². The van der Waals surface area contributed by atoms with Crippen molar-refractivity contribution in [2.75, 3.05) is 0 Å². The lowest BCUT2D eigenvalue weighted by Gasteiger charge is -2.10. The molecule has 5 nitrogen and oxygen atoms in total. The number of rotatable bonds is 6. The van der Waals surface area contributed by atoms with E-state index in [1.807, 2.05) is 25.1 Å². The Kier molecular flexibility index (Phi) is 4.24. The molecule has 6 heteroatoms. The summed E-state index contributed by atoms with van der Waals surface area (Å²) in [5.74, 6) is 0.637. The second kappa shape index (κ2) is 6.30. The van der Waals surface area contributed by atoms with Crippen LogP contribution in [0.1, 0.15) is 37.1 Å². The van der Waals surface area contributed by atoms with Crippen LogP contribution in [0.15, 0.2) is 35.5 Å². The van der Waals surface area contributed by atoms with Crippen molar-refractivity contribution < 1.29 is 4.79 Å². The number of hydrogen-bond acceptors (Lipinski definition) is 4. The number of nitrogens with one attached hydrogen (secondary N) is 2. The lowest BCUT2D eigenvalue weighted by atomic mass is 10.2. The van der Waals surface area contributed by atoms with E-state index in [2.05, 4.69) is 26.6 Å². The SMILES string of the molecule is CC(Sc1ccccn1)C(=O)NCc1cc(C2CC2)n[nH]1. The van der Waals surface area contributed by atoms with E-state index in [1.165, 1.54) is 24.6 Å². The van der Waals surface area contributed by atoms with Gasteiger partial charge in [0.2, 0.25) is 5.91 Å². The summed E-state index contributed by atoms with van der Waals surface area (Å²) in [7, 11) is 0. The van der Waals surface area contributed by atoms with E-state index >= 15 is 0 Å². The van der Waals surface area contributed by atoms with Gasteiger partial charge in [0.05, 0.1) is 28.2 Å². The van der Waals surface area contributed by atoms with Crippen LogP contribution in [-0.4, -0.2) is 26.3 Å². The van der Waals surface area contributed by atoms with Crippen molar-refractivity contribution >= 4 is 17.7 Å². The van der Waals surface area contributed by atoms with Crippen molar-refractivity contribution in [1.29, 1.82) is 0 Å². The van der Waals surface area contributed by atoms with Gasteiger partial charge < -0.3 is 5.32 Å². The molecule has 1 saturated carbocycles. The molecule has 110 valence electrons. The fourth-order valence-electron chi connectivity index (χ4n) is 2.04. The number of nitrogens with zero attached hydrogens (tertiary/aromatic N) is 2. The standard InChI is InChI=1S/C15H18N4OS/c1-10(21-14-4-2-3-7-16-14)15(20)17-9-12-8-13(19-18-12)11-5-6-11/h2-4,7-8,10-11H,5-6,9H2,1H3,(H,17,20)(H,18,19). The van der Waals surface area contributed by atoms with Gasteiger partial charge in [-0.2, -0.15) is 5.10 Å². The first kappa shape index (κ1) is 14.1. The third-order valence-corrected chi connectivity index (χ3v) is 4.45. The van der Waals surface area contributed by atoms with Gasteiger partial charge in [0.15, 0.2) is 0 Å². The normalized spacial score (nSPS) is 15.7. The monoisotopic (exact) mass is 302 g/mol. The molecule has 1 aliphatic carbocycles. The van der Waals surface area contributed by atoms with Crippen LogP contribution in [0.4, 0.5) is 0 Å². The van der Waals surface area contributed by atoms with Gasteiger partial charge in [0.1, 0.15) is 0 Å². The Morgan fingerprint density at radius 3 is 3.10 bits per heavy atom. The number of hydrogen-bond donors (Lipinski definition) is 2. The van der Waals surface area contributed by atoms with Gasteiger partial charge in [-0.3, -0.25) is 9.89 Å². The molecule has 1 amide bonds. The van der Waals surface area contributed by atoms with Crippen LogP contribution in [0, 0.1) is 0 Å². The first-order valence-electron chi connectivity index (χ1n) is 7.12. The Morgan fingerprint density at radius 1 is 1.52 bits per heavy atom. The molecular weight excluding hydrogens is 284 g/mol. The van der Waals surface area contributed by atoms with Crippen molar-refractivity contribution in [3.05, 3.63) is 41.9 Å². The number of amides is 1. The zero-order chi connectivity index (χ0) is 14.7. The van der Waals surface area contributed by atoms with E-state index in [4.69, 9.17) is 0 Å². The number of thioether (sulfide) groups is 1. The number of H-pyrrole nitrogens is 1. The molecule has 0 saturated heterocycles. The van der Waals surface area contributed by atoms with E-state index in [0.29, 0.717) is 12.5 Å². The molecule has 0 spiro atoms. The third kappa shape index (κ3) is 3.85. The fraction of sp³-hybridized carbons (Fsp3) is 0.400. The highest BCUT2D eigenvalue weighted by atomic mass is 32.2. The number of carbonyl (C=O) groups is 1. The molecule has 3 rings (SSSR count). The van der Waals surface area contributed by atoms with Crippen LogP contribution in [0.3, 0.4) is 0 Å². The molecule has 0 aliphatic heterocycles. The number of aromatic nitrogens is 3. The lowest BCUT2D eigenvalue weighted by molar-refractivity contribution is -0.120. The fourth-order valence-corrected chi connectivity index (χ4v) is 2.87. The summed E-state index contributed by atoms with van der Waals surface area (Å²) < 4.78 is 0. The van der Waals surface area contributed by atoms with E-state index in [9.17, 15) is 4.79 Å².